The smallest absolute Gasteiger partial charge is 0.104 e. The highest BCUT2D eigenvalue weighted by Gasteiger charge is 1.92. The molecule has 3 nitrogen and oxygen atoms in total. The van der Waals surface area contributed by atoms with Crippen LogP contribution in [0.5, 0.6) is 0 Å². The van der Waals surface area contributed by atoms with E-state index in [0.717, 1.165) is 0 Å². The molecule has 0 aliphatic carbocycles. The zero-order chi connectivity index (χ0) is 7.15. The van der Waals surface area contributed by atoms with E-state index in [4.69, 9.17) is 9.59 Å². The normalized spacial score (nSPS) is 12.4. The molecule has 0 radical (unpaired) electrons. The lowest BCUT2D eigenvalue weighted by molar-refractivity contribution is 0.0578. The van der Waals surface area contributed by atoms with Gasteiger partial charge in [-0.3, -0.25) is 4.90 Å². The van der Waals surface area contributed by atoms with Crippen molar-refractivity contribution in [3.63, 3.8) is 0 Å². The van der Waals surface area contributed by atoms with E-state index in [1.165, 1.54) is 0 Å². The molecule has 0 aromatic heterocycles. The fourth-order valence-electron chi connectivity index (χ4n) is 0. The van der Waals surface area contributed by atoms with Gasteiger partial charge in [0.25, 0.3) is 0 Å². The molecular weight excluding hydrogens is 111 g/mol. The topological polar surface area (TPSA) is 49.5 Å². The van der Waals surface area contributed by atoms with Crippen molar-refractivity contribution in [2.24, 2.45) is 5.96 Å². The van der Waals surface area contributed by atoms with Crippen molar-refractivity contribution in [2.75, 3.05) is 14.1 Å². The van der Waals surface area contributed by atoms with Crippen LogP contribution in [0.3, 0.4) is 0 Å². The number of rotatable bonds is 1. The third kappa shape index (κ3) is 9.26. The second kappa shape index (κ2) is 6.81. The monoisotopic (exact) mass is 124 g/mol. The number of hydrogen-bond donors (Lipinski definition) is 2. The van der Waals surface area contributed by atoms with Crippen LogP contribution >= 0.6 is 0 Å². The Hall–Kier alpha value is -0.190. The third-order valence-corrected chi connectivity index (χ3v) is 0.747. The number of aliphatic hydroxyl groups excluding tert-OH is 1. The highest BCUT2D eigenvalue weighted by molar-refractivity contribution is 4.35. The van der Waals surface area contributed by atoms with Gasteiger partial charge in [0.05, 0.1) is 0 Å². The molecule has 1 unspecified atom stereocenters. The van der Waals surface area contributed by atoms with Gasteiger partial charge < -0.3 is 5.11 Å². The number of aliphatic hydroxyl groups is 1. The Kier molecular flexibility index (Phi) is 9.13. The Labute approximate surface area is 48.8 Å². The molecule has 4 heteroatoms. The van der Waals surface area contributed by atoms with Gasteiger partial charge in [-0.25, -0.2) is 0 Å². The van der Waals surface area contributed by atoms with E-state index in [9.17, 15) is 0 Å². The van der Waals surface area contributed by atoms with Crippen LogP contribution in [0.15, 0.2) is 0 Å². The maximum Gasteiger partial charge on any atom is 0.104 e. The van der Waals surface area contributed by atoms with Gasteiger partial charge in [0, 0.05) is 0 Å². The Morgan fingerprint density at radius 2 is 1.62 bits per heavy atom. The zero-order valence-electron chi connectivity index (χ0n) is 5.43. The van der Waals surface area contributed by atoms with E-state index in [1.54, 1.807) is 11.8 Å². The third-order valence-electron chi connectivity index (χ3n) is 0.747. The molecule has 0 fully saturated rings. The summed E-state index contributed by atoms with van der Waals surface area (Å²) in [7, 11) is 3.65. The van der Waals surface area contributed by atoms with E-state index in [2.05, 4.69) is 5.96 Å². The minimum Gasteiger partial charge on any atom is -0.379 e. The van der Waals surface area contributed by atoms with Gasteiger partial charge in [-0.15, -0.1) is 4.48 Å². The first-order chi connectivity index (χ1) is 3.64. The van der Waals surface area contributed by atoms with Crippen LogP contribution < -0.4 is 5.96 Å². The van der Waals surface area contributed by atoms with Gasteiger partial charge >= 0.3 is 0 Å². The van der Waals surface area contributed by atoms with Crippen LogP contribution in [0.1, 0.15) is 6.92 Å². The number of halogens is 1. The van der Waals surface area contributed by atoms with Crippen LogP contribution in [0.25, 0.3) is 0 Å². The van der Waals surface area contributed by atoms with Crippen molar-refractivity contribution in [3.8, 4) is 0 Å². The van der Waals surface area contributed by atoms with Gasteiger partial charge in [-0.2, -0.15) is 5.96 Å². The first-order valence-electron chi connectivity index (χ1n) is 2.21. The summed E-state index contributed by atoms with van der Waals surface area (Å²) in [6.45, 7) is 1.72. The van der Waals surface area contributed by atoms with Crippen LogP contribution in [0, 0.1) is 0 Å². The molecule has 8 heavy (non-hydrogen) atoms. The van der Waals surface area contributed by atoms with Crippen molar-refractivity contribution >= 4 is 0 Å². The summed E-state index contributed by atoms with van der Waals surface area (Å²) in [5.41, 5.74) is 0. The van der Waals surface area contributed by atoms with E-state index in [-0.39, 0.29) is 6.23 Å². The molecule has 3 N–H and O–H groups in total. The van der Waals surface area contributed by atoms with Crippen LogP contribution in [0.4, 0.5) is 4.48 Å². The molecule has 0 bridgehead atoms. The first kappa shape index (κ1) is 10.7. The summed E-state index contributed by atoms with van der Waals surface area (Å²) in [4.78, 5) is 1.72. The average Bonchev–Trinajstić information content (AvgIpc) is 1.72. The first-order valence-corrected chi connectivity index (χ1v) is 2.21. The Bertz CT molecular complexity index is 35.0. The Morgan fingerprint density at radius 3 is 1.62 bits per heavy atom. The molecule has 1 atom stereocenters. The maximum atomic E-state index is 9.00. The molecule has 0 saturated heterocycles. The van der Waals surface area contributed by atoms with E-state index in [0.29, 0.717) is 0 Å². The second-order valence-corrected chi connectivity index (χ2v) is 1.60. The lowest BCUT2D eigenvalue weighted by Gasteiger charge is -2.11. The standard InChI is InChI=1S/C4H11NO.FH2N/c1-4(6)5(2)3;1-2/h4,6H,1-3H3;2H2. The summed E-state index contributed by atoms with van der Waals surface area (Å²) in [5.74, 6) is 3.00. The summed E-state index contributed by atoms with van der Waals surface area (Å²) in [6, 6.07) is 0. The summed E-state index contributed by atoms with van der Waals surface area (Å²) in [5, 5.41) is 8.56. The summed E-state index contributed by atoms with van der Waals surface area (Å²) in [6.07, 6.45) is -0.315. The van der Waals surface area contributed by atoms with E-state index < -0.39 is 0 Å². The summed E-state index contributed by atoms with van der Waals surface area (Å²) < 4.78 is 9.00. The molecule has 0 amide bonds. The molecule has 0 rings (SSSR count). The minimum absolute atomic E-state index is 0.315. The van der Waals surface area contributed by atoms with E-state index >= 15 is 0 Å². The minimum atomic E-state index is -0.315. The molecule has 0 spiro atoms. The number of nitrogens with two attached hydrogens (primary N) is 1. The fourth-order valence-corrected chi connectivity index (χ4v) is 0. The molecular formula is C4H13FN2O. The predicted molar refractivity (Wildman–Crippen MR) is 30.7 cm³/mol. The lowest BCUT2D eigenvalue weighted by atomic mass is 10.6. The van der Waals surface area contributed by atoms with Crippen LogP contribution in [-0.2, 0) is 0 Å². The van der Waals surface area contributed by atoms with Gasteiger partial charge in [-0.05, 0) is 21.0 Å². The fraction of sp³-hybridized carbons (Fsp3) is 1.00. The van der Waals surface area contributed by atoms with Crippen molar-refractivity contribution in [1.29, 1.82) is 0 Å². The highest BCUT2D eigenvalue weighted by atomic mass is 19.2. The lowest BCUT2D eigenvalue weighted by Crippen LogP contribution is -2.23. The summed E-state index contributed by atoms with van der Waals surface area (Å²) >= 11 is 0. The predicted octanol–water partition coefficient (Wildman–Crippen LogP) is -0.284. The number of nitrogens with zero attached hydrogens (tertiary/aromatic N) is 1. The average molecular weight is 124 g/mol. The van der Waals surface area contributed by atoms with Gasteiger partial charge in [0.15, 0.2) is 0 Å². The largest absolute Gasteiger partial charge is 0.379 e. The zero-order valence-corrected chi connectivity index (χ0v) is 5.43. The second-order valence-electron chi connectivity index (χ2n) is 1.60. The molecule has 0 aromatic carbocycles. The van der Waals surface area contributed by atoms with Crippen LogP contribution in [0.2, 0.25) is 0 Å². The number of hydrogen-bond acceptors (Lipinski definition) is 3. The van der Waals surface area contributed by atoms with Gasteiger partial charge in [-0.1, -0.05) is 0 Å². The van der Waals surface area contributed by atoms with Crippen molar-refractivity contribution < 1.29 is 9.59 Å². The molecule has 0 aliphatic rings. The van der Waals surface area contributed by atoms with Crippen LogP contribution in [-0.4, -0.2) is 30.3 Å². The molecule has 0 aromatic rings. The molecule has 52 valence electrons. The molecule has 0 aliphatic heterocycles. The van der Waals surface area contributed by atoms with Crippen molar-refractivity contribution in [1.82, 2.24) is 4.90 Å². The van der Waals surface area contributed by atoms with Crippen molar-refractivity contribution in [2.45, 2.75) is 13.2 Å². The maximum absolute atomic E-state index is 9.00. The quantitative estimate of drug-likeness (QED) is 0.373. The molecule has 0 saturated carbocycles. The SMILES string of the molecule is CC(O)N(C)C.NF. The molecule has 0 heterocycles. The Morgan fingerprint density at radius 1 is 1.50 bits per heavy atom. The Balaban J connectivity index is 0. The van der Waals surface area contributed by atoms with E-state index in [1.807, 2.05) is 14.1 Å². The van der Waals surface area contributed by atoms with Crippen molar-refractivity contribution in [3.05, 3.63) is 0 Å². The van der Waals surface area contributed by atoms with Gasteiger partial charge in [0.2, 0.25) is 0 Å². The highest BCUT2D eigenvalue weighted by Crippen LogP contribution is 1.79. The van der Waals surface area contributed by atoms with Gasteiger partial charge in [0.1, 0.15) is 6.23 Å².